The summed E-state index contributed by atoms with van der Waals surface area (Å²) in [5, 5.41) is 2.28. The number of methoxy groups -OCH3 is 1. The molecule has 0 saturated heterocycles. The predicted molar refractivity (Wildman–Crippen MR) is 85.8 cm³/mol. The van der Waals surface area contributed by atoms with Crippen LogP contribution in [0, 0.1) is 0 Å². The number of rotatable bonds is 3. The molecule has 2 heterocycles. The van der Waals surface area contributed by atoms with Crippen molar-refractivity contribution < 1.29 is 31.1 Å². The molecule has 1 aromatic carbocycles. The van der Waals surface area contributed by atoms with Gasteiger partial charge >= 0.3 is 12.4 Å². The number of hydrogen-bond donors (Lipinski definition) is 1. The second kappa shape index (κ2) is 6.60. The first-order chi connectivity index (χ1) is 12.6. The number of ether oxygens (including phenoxy) is 1. The minimum absolute atomic E-state index is 0.0133. The van der Waals surface area contributed by atoms with Crippen molar-refractivity contribution in [2.75, 3.05) is 12.4 Å². The molecule has 0 radical (unpaired) electrons. The molecule has 0 unspecified atom stereocenters. The summed E-state index contributed by atoms with van der Waals surface area (Å²) in [4.78, 5) is 7.06. The van der Waals surface area contributed by atoms with Gasteiger partial charge < -0.3 is 10.1 Å². The van der Waals surface area contributed by atoms with Gasteiger partial charge in [0.2, 0.25) is 0 Å². The summed E-state index contributed by atoms with van der Waals surface area (Å²) in [6.07, 6.45) is -10.0. The zero-order valence-corrected chi connectivity index (χ0v) is 13.6. The van der Waals surface area contributed by atoms with Crippen LogP contribution in [0.5, 0.6) is 5.75 Å². The van der Waals surface area contributed by atoms with E-state index in [1.807, 2.05) is 0 Å². The highest BCUT2D eigenvalue weighted by atomic mass is 19.4. The molecule has 0 saturated carbocycles. The largest absolute Gasteiger partial charge is 0.497 e. The smallest absolute Gasteiger partial charge is 0.433 e. The Morgan fingerprint density at radius 1 is 0.852 bits per heavy atom. The van der Waals surface area contributed by atoms with E-state index in [1.165, 1.54) is 13.2 Å². The molecule has 2 aromatic heterocycles. The lowest BCUT2D eigenvalue weighted by molar-refractivity contribution is -0.144. The SMILES string of the molecule is COc1ccc(Nc2ccc3c(C(F)(F)F)cc(C(F)(F)F)nc3n2)cc1. The second-order valence-electron chi connectivity index (χ2n) is 5.47. The van der Waals surface area contributed by atoms with Crippen LogP contribution in [0.2, 0.25) is 0 Å². The van der Waals surface area contributed by atoms with Crippen molar-refractivity contribution in [3.8, 4) is 5.75 Å². The number of halogens is 6. The Kier molecular flexibility index (Phi) is 4.58. The molecular weight excluding hydrogens is 376 g/mol. The van der Waals surface area contributed by atoms with Crippen molar-refractivity contribution in [3.05, 3.63) is 53.7 Å². The van der Waals surface area contributed by atoms with Gasteiger partial charge in [-0.15, -0.1) is 0 Å². The highest BCUT2D eigenvalue weighted by Gasteiger charge is 2.39. The molecule has 0 aliphatic carbocycles. The Balaban J connectivity index is 2.07. The van der Waals surface area contributed by atoms with Gasteiger partial charge in [0.05, 0.1) is 12.7 Å². The first-order valence-corrected chi connectivity index (χ1v) is 7.45. The fourth-order valence-corrected chi connectivity index (χ4v) is 2.38. The summed E-state index contributed by atoms with van der Waals surface area (Å²) in [7, 11) is 1.48. The van der Waals surface area contributed by atoms with E-state index >= 15 is 0 Å². The maximum Gasteiger partial charge on any atom is 0.433 e. The molecule has 10 heteroatoms. The van der Waals surface area contributed by atoms with Crippen LogP contribution in [0.4, 0.5) is 37.8 Å². The molecule has 1 N–H and O–H groups in total. The van der Waals surface area contributed by atoms with Crippen LogP contribution in [-0.2, 0) is 12.4 Å². The Labute approximate surface area is 148 Å². The number of benzene rings is 1. The van der Waals surface area contributed by atoms with Crippen molar-refractivity contribution >= 4 is 22.5 Å². The lowest BCUT2D eigenvalue weighted by atomic mass is 10.1. The standard InChI is InChI=1S/C17H11F6N3O/c1-27-10-4-2-9(3-5-10)24-14-7-6-11-12(16(18,19)20)8-13(17(21,22)23)25-15(11)26-14/h2-8H,1H3,(H,24,25,26). The van der Waals surface area contributed by atoms with E-state index in [9.17, 15) is 26.3 Å². The number of aromatic nitrogens is 2. The third-order valence-corrected chi connectivity index (χ3v) is 3.63. The maximum atomic E-state index is 13.2. The van der Waals surface area contributed by atoms with Gasteiger partial charge in [-0.25, -0.2) is 9.97 Å². The van der Waals surface area contributed by atoms with Gasteiger partial charge in [-0.1, -0.05) is 0 Å². The molecule has 3 aromatic rings. The third kappa shape index (κ3) is 4.04. The van der Waals surface area contributed by atoms with Gasteiger partial charge in [-0.05, 0) is 42.5 Å². The molecule has 0 aliphatic rings. The minimum atomic E-state index is -5.03. The molecule has 0 aliphatic heterocycles. The summed E-state index contributed by atoms with van der Waals surface area (Å²) >= 11 is 0. The molecule has 3 rings (SSSR count). The highest BCUT2D eigenvalue weighted by molar-refractivity contribution is 5.82. The Hall–Kier alpha value is -3.04. The Morgan fingerprint density at radius 2 is 1.52 bits per heavy atom. The number of hydrogen-bond acceptors (Lipinski definition) is 4. The number of anilines is 2. The molecule has 4 nitrogen and oxygen atoms in total. The first kappa shape index (κ1) is 18.7. The van der Waals surface area contributed by atoms with Crippen molar-refractivity contribution in [1.29, 1.82) is 0 Å². The van der Waals surface area contributed by atoms with E-state index in [0.29, 0.717) is 11.4 Å². The van der Waals surface area contributed by atoms with E-state index in [2.05, 4.69) is 15.3 Å². The normalized spacial score (nSPS) is 12.3. The molecule has 0 fully saturated rings. The second-order valence-corrected chi connectivity index (χ2v) is 5.47. The summed E-state index contributed by atoms with van der Waals surface area (Å²) in [6, 6.07) is 8.74. The molecule has 27 heavy (non-hydrogen) atoms. The van der Waals surface area contributed by atoms with Crippen LogP contribution in [0.3, 0.4) is 0 Å². The number of pyridine rings is 2. The van der Waals surface area contributed by atoms with E-state index in [4.69, 9.17) is 4.74 Å². The van der Waals surface area contributed by atoms with Crippen LogP contribution in [0.25, 0.3) is 11.0 Å². The molecule has 0 atom stereocenters. The Morgan fingerprint density at radius 3 is 2.07 bits per heavy atom. The predicted octanol–water partition coefficient (Wildman–Crippen LogP) is 5.42. The lowest BCUT2D eigenvalue weighted by Crippen LogP contribution is -2.14. The average Bonchev–Trinajstić information content (AvgIpc) is 2.59. The van der Waals surface area contributed by atoms with Gasteiger partial charge in [0.1, 0.15) is 17.3 Å². The van der Waals surface area contributed by atoms with Crippen LogP contribution < -0.4 is 10.1 Å². The molecule has 0 spiro atoms. The molecular formula is C17H11F6N3O. The first-order valence-electron chi connectivity index (χ1n) is 7.45. The zero-order valence-electron chi connectivity index (χ0n) is 13.6. The fourth-order valence-electron chi connectivity index (χ4n) is 2.38. The minimum Gasteiger partial charge on any atom is -0.497 e. The molecule has 142 valence electrons. The van der Waals surface area contributed by atoms with Gasteiger partial charge in [0.25, 0.3) is 0 Å². The van der Waals surface area contributed by atoms with Crippen LogP contribution in [0.1, 0.15) is 11.3 Å². The summed E-state index contributed by atoms with van der Waals surface area (Å²) < 4.78 is 83.2. The van der Waals surface area contributed by atoms with E-state index in [1.54, 1.807) is 24.3 Å². The van der Waals surface area contributed by atoms with Crippen LogP contribution >= 0.6 is 0 Å². The monoisotopic (exact) mass is 387 g/mol. The number of fused-ring (bicyclic) bond motifs is 1. The third-order valence-electron chi connectivity index (χ3n) is 3.63. The molecule has 0 bridgehead atoms. The molecule has 0 amide bonds. The van der Waals surface area contributed by atoms with Crippen LogP contribution in [0.15, 0.2) is 42.5 Å². The van der Waals surface area contributed by atoms with Crippen molar-refractivity contribution in [3.63, 3.8) is 0 Å². The van der Waals surface area contributed by atoms with Gasteiger partial charge in [0.15, 0.2) is 5.65 Å². The summed E-state index contributed by atoms with van der Waals surface area (Å²) in [5.74, 6) is 0.631. The van der Waals surface area contributed by atoms with Crippen molar-refractivity contribution in [2.24, 2.45) is 0 Å². The number of nitrogens with zero attached hydrogens (tertiary/aromatic N) is 2. The van der Waals surface area contributed by atoms with Gasteiger partial charge in [-0.2, -0.15) is 26.3 Å². The van der Waals surface area contributed by atoms with Gasteiger partial charge in [-0.3, -0.25) is 0 Å². The number of alkyl halides is 6. The van der Waals surface area contributed by atoms with E-state index in [-0.39, 0.29) is 11.9 Å². The average molecular weight is 387 g/mol. The quantitative estimate of drug-likeness (QED) is 0.610. The van der Waals surface area contributed by atoms with Crippen LogP contribution in [-0.4, -0.2) is 17.1 Å². The summed E-state index contributed by atoms with van der Waals surface area (Å²) in [5.41, 5.74) is -3.24. The Bertz CT molecular complexity index is 967. The topological polar surface area (TPSA) is 47.0 Å². The summed E-state index contributed by atoms with van der Waals surface area (Å²) in [6.45, 7) is 0. The zero-order chi connectivity index (χ0) is 19.8. The highest BCUT2D eigenvalue weighted by Crippen LogP contribution is 2.38. The fraction of sp³-hybridized carbons (Fsp3) is 0.176. The maximum absolute atomic E-state index is 13.2. The van der Waals surface area contributed by atoms with E-state index < -0.39 is 34.6 Å². The van der Waals surface area contributed by atoms with Gasteiger partial charge in [0, 0.05) is 11.1 Å². The van der Waals surface area contributed by atoms with Crippen molar-refractivity contribution in [1.82, 2.24) is 9.97 Å². The lowest BCUT2D eigenvalue weighted by Gasteiger charge is -2.14. The number of nitrogens with one attached hydrogen (secondary N) is 1. The van der Waals surface area contributed by atoms with E-state index in [0.717, 1.165) is 6.07 Å². The van der Waals surface area contributed by atoms with Crippen molar-refractivity contribution in [2.45, 2.75) is 12.4 Å².